The molecule has 0 radical (unpaired) electrons. The first-order chi connectivity index (χ1) is 10.1. The van der Waals surface area contributed by atoms with Crippen LogP contribution in [-0.2, 0) is 16.0 Å². The van der Waals surface area contributed by atoms with Crippen molar-refractivity contribution in [1.82, 2.24) is 10.2 Å². The molecule has 0 unspecified atom stereocenters. The largest absolute Gasteiger partial charge is 0.399 e. The Labute approximate surface area is 138 Å². The number of amides is 2. The Morgan fingerprint density at radius 1 is 1.09 bits per heavy atom. The first kappa shape index (κ1) is 20.2. The van der Waals surface area contributed by atoms with E-state index in [1.165, 1.54) is 0 Å². The van der Waals surface area contributed by atoms with Crippen LogP contribution in [0.2, 0.25) is 0 Å². The summed E-state index contributed by atoms with van der Waals surface area (Å²) in [6.07, 6.45) is 1.28. The Hall–Kier alpha value is -1.75. The second-order valence-corrected chi connectivity index (χ2v) is 4.91. The molecule has 2 amide bonds. The summed E-state index contributed by atoms with van der Waals surface area (Å²) in [5.41, 5.74) is 7.48. The number of hydrogen-bond acceptors (Lipinski definition) is 3. The van der Waals surface area contributed by atoms with Gasteiger partial charge >= 0.3 is 0 Å². The van der Waals surface area contributed by atoms with Crippen molar-refractivity contribution in [2.45, 2.75) is 33.1 Å². The van der Waals surface area contributed by atoms with Crippen molar-refractivity contribution < 1.29 is 9.59 Å². The zero-order valence-electron chi connectivity index (χ0n) is 13.3. The minimum Gasteiger partial charge on any atom is -0.399 e. The lowest BCUT2D eigenvalue weighted by molar-refractivity contribution is -0.133. The van der Waals surface area contributed by atoms with Gasteiger partial charge in [-0.1, -0.05) is 12.1 Å². The fraction of sp³-hybridized carbons (Fsp3) is 0.500. The third-order valence-corrected chi connectivity index (χ3v) is 3.40. The van der Waals surface area contributed by atoms with Crippen LogP contribution in [0.3, 0.4) is 0 Å². The molecule has 0 aromatic heterocycles. The lowest BCUT2D eigenvalue weighted by atomic mass is 10.1. The zero-order chi connectivity index (χ0) is 15.7. The number of anilines is 1. The van der Waals surface area contributed by atoms with E-state index < -0.39 is 0 Å². The molecule has 0 aliphatic rings. The van der Waals surface area contributed by atoms with Gasteiger partial charge in [-0.25, -0.2) is 0 Å². The van der Waals surface area contributed by atoms with Gasteiger partial charge in [0.2, 0.25) is 11.8 Å². The predicted octanol–water partition coefficient (Wildman–Crippen LogP) is 2.00. The molecule has 0 saturated carbocycles. The van der Waals surface area contributed by atoms with Gasteiger partial charge in [0.25, 0.3) is 0 Å². The van der Waals surface area contributed by atoms with Gasteiger partial charge in [-0.05, 0) is 38.0 Å². The molecule has 6 heteroatoms. The lowest BCUT2D eigenvalue weighted by Crippen LogP contribution is -2.32. The molecule has 1 aromatic rings. The highest BCUT2D eigenvalue weighted by molar-refractivity contribution is 5.85. The van der Waals surface area contributed by atoms with Crippen LogP contribution in [0.5, 0.6) is 0 Å². The first-order valence-corrected chi connectivity index (χ1v) is 7.45. The summed E-state index contributed by atoms with van der Waals surface area (Å²) >= 11 is 0. The third kappa shape index (κ3) is 7.31. The normalized spacial score (nSPS) is 9.73. The van der Waals surface area contributed by atoms with Crippen molar-refractivity contribution >= 4 is 29.9 Å². The highest BCUT2D eigenvalue weighted by Crippen LogP contribution is 2.05. The second kappa shape index (κ2) is 10.9. The van der Waals surface area contributed by atoms with E-state index in [0.717, 1.165) is 17.7 Å². The smallest absolute Gasteiger partial charge is 0.223 e. The van der Waals surface area contributed by atoms with Crippen LogP contribution in [0, 0.1) is 0 Å². The molecule has 0 heterocycles. The number of hydrogen-bond donors (Lipinski definition) is 2. The minimum absolute atomic E-state index is 0. The number of nitrogens with one attached hydrogen (secondary N) is 1. The number of carbonyl (C=O) groups excluding carboxylic acids is 2. The van der Waals surface area contributed by atoms with Crippen LogP contribution in [0.25, 0.3) is 0 Å². The monoisotopic (exact) mass is 327 g/mol. The molecular weight excluding hydrogens is 302 g/mol. The molecule has 1 aromatic carbocycles. The van der Waals surface area contributed by atoms with Crippen molar-refractivity contribution in [1.29, 1.82) is 0 Å². The molecule has 0 saturated heterocycles. The Morgan fingerprint density at radius 3 is 2.23 bits per heavy atom. The number of nitrogens with two attached hydrogens (primary N) is 1. The maximum atomic E-state index is 11.8. The Kier molecular flexibility index (Phi) is 10.0. The summed E-state index contributed by atoms with van der Waals surface area (Å²) in [6, 6.07) is 7.59. The highest BCUT2D eigenvalue weighted by atomic mass is 35.5. The molecule has 0 fully saturated rings. The summed E-state index contributed by atoms with van der Waals surface area (Å²) in [5.74, 6) is -0.0420. The maximum absolute atomic E-state index is 11.8. The van der Waals surface area contributed by atoms with Crippen molar-refractivity contribution in [2.24, 2.45) is 0 Å². The van der Waals surface area contributed by atoms with Crippen molar-refractivity contribution in [2.75, 3.05) is 25.4 Å². The van der Waals surface area contributed by atoms with E-state index >= 15 is 0 Å². The fourth-order valence-electron chi connectivity index (χ4n) is 2.07. The molecule has 22 heavy (non-hydrogen) atoms. The minimum atomic E-state index is -0.0778. The summed E-state index contributed by atoms with van der Waals surface area (Å²) < 4.78 is 0. The second-order valence-electron chi connectivity index (χ2n) is 4.91. The maximum Gasteiger partial charge on any atom is 0.223 e. The number of benzene rings is 1. The highest BCUT2D eigenvalue weighted by Gasteiger charge is 2.11. The van der Waals surface area contributed by atoms with Crippen molar-refractivity contribution in [3.05, 3.63) is 29.8 Å². The summed E-state index contributed by atoms with van der Waals surface area (Å²) in [7, 11) is 0. The summed E-state index contributed by atoms with van der Waals surface area (Å²) in [4.78, 5) is 25.2. The zero-order valence-corrected chi connectivity index (χ0v) is 14.1. The number of carbonyl (C=O) groups is 2. The molecule has 0 bridgehead atoms. The van der Waals surface area contributed by atoms with E-state index in [-0.39, 0.29) is 37.1 Å². The van der Waals surface area contributed by atoms with Gasteiger partial charge < -0.3 is 16.0 Å². The van der Waals surface area contributed by atoms with E-state index in [0.29, 0.717) is 19.6 Å². The molecule has 5 nitrogen and oxygen atoms in total. The Morgan fingerprint density at radius 2 is 1.68 bits per heavy atom. The fourth-order valence-corrected chi connectivity index (χ4v) is 2.07. The van der Waals surface area contributed by atoms with Crippen LogP contribution in [0.4, 0.5) is 5.69 Å². The van der Waals surface area contributed by atoms with E-state index in [1.807, 2.05) is 38.1 Å². The predicted molar refractivity (Wildman–Crippen MR) is 92.0 cm³/mol. The van der Waals surface area contributed by atoms with E-state index in [9.17, 15) is 9.59 Å². The Balaban J connectivity index is 0.00000441. The van der Waals surface area contributed by atoms with Crippen LogP contribution >= 0.6 is 12.4 Å². The lowest BCUT2D eigenvalue weighted by Gasteiger charge is -2.18. The average Bonchev–Trinajstić information content (AvgIpc) is 2.48. The summed E-state index contributed by atoms with van der Waals surface area (Å²) in [5, 5.41) is 2.84. The van der Waals surface area contributed by atoms with Crippen molar-refractivity contribution in [3.63, 3.8) is 0 Å². The third-order valence-electron chi connectivity index (χ3n) is 3.40. The van der Waals surface area contributed by atoms with Gasteiger partial charge in [-0.2, -0.15) is 0 Å². The van der Waals surface area contributed by atoms with E-state index in [4.69, 9.17) is 5.73 Å². The average molecular weight is 328 g/mol. The van der Waals surface area contributed by atoms with Gasteiger partial charge in [-0.3, -0.25) is 9.59 Å². The molecule has 3 N–H and O–H groups in total. The van der Waals surface area contributed by atoms with E-state index in [2.05, 4.69) is 5.32 Å². The first-order valence-electron chi connectivity index (χ1n) is 7.45. The van der Waals surface area contributed by atoms with Crippen LogP contribution < -0.4 is 11.1 Å². The van der Waals surface area contributed by atoms with Gasteiger partial charge in [-0.15, -0.1) is 12.4 Å². The van der Waals surface area contributed by atoms with Gasteiger partial charge in [0.1, 0.15) is 0 Å². The number of rotatable bonds is 8. The van der Waals surface area contributed by atoms with Gasteiger partial charge in [0.15, 0.2) is 0 Å². The number of nitrogens with zero attached hydrogens (tertiary/aromatic N) is 1. The number of nitrogen functional groups attached to an aromatic ring is 1. The van der Waals surface area contributed by atoms with Gasteiger partial charge in [0.05, 0.1) is 0 Å². The SMILES string of the molecule is CCN(CC)C(=O)CCC(=O)NCCc1ccc(N)cc1.Cl. The molecule has 0 aliphatic heterocycles. The molecule has 124 valence electrons. The van der Waals surface area contributed by atoms with Crippen molar-refractivity contribution in [3.8, 4) is 0 Å². The van der Waals surface area contributed by atoms with Gasteiger partial charge in [0, 0.05) is 38.2 Å². The molecular formula is C16H26ClN3O2. The topological polar surface area (TPSA) is 75.4 Å². The van der Waals surface area contributed by atoms with E-state index in [1.54, 1.807) is 4.90 Å². The quantitative estimate of drug-likeness (QED) is 0.717. The van der Waals surface area contributed by atoms with Crippen LogP contribution in [0.1, 0.15) is 32.3 Å². The standard InChI is InChI=1S/C16H25N3O2.ClH/c1-3-19(4-2)16(21)10-9-15(20)18-12-11-13-5-7-14(17)8-6-13;/h5-8H,3-4,9-12,17H2,1-2H3,(H,18,20);1H. The van der Waals surface area contributed by atoms with Crippen LogP contribution in [0.15, 0.2) is 24.3 Å². The molecule has 0 aliphatic carbocycles. The molecule has 0 atom stereocenters. The molecule has 0 spiro atoms. The number of halogens is 1. The molecule has 1 rings (SSSR count). The Bertz CT molecular complexity index is 459. The summed E-state index contributed by atoms with van der Waals surface area (Å²) in [6.45, 7) is 5.83. The van der Waals surface area contributed by atoms with Crippen LogP contribution in [-0.4, -0.2) is 36.3 Å².